The molecule has 1 aromatic rings. The first-order chi connectivity index (χ1) is 8.00. The van der Waals surface area contributed by atoms with Crippen LogP contribution in [0.3, 0.4) is 0 Å². The zero-order chi connectivity index (χ0) is 12.8. The van der Waals surface area contributed by atoms with Gasteiger partial charge in [-0.05, 0) is 6.92 Å². The predicted molar refractivity (Wildman–Crippen MR) is 62.7 cm³/mol. The topological polar surface area (TPSA) is 126 Å². The monoisotopic (exact) mass is 256 g/mol. The average Bonchev–Trinajstić information content (AvgIpc) is 2.78. The van der Waals surface area contributed by atoms with Gasteiger partial charge in [-0.2, -0.15) is 5.10 Å². The van der Waals surface area contributed by atoms with Gasteiger partial charge in [-0.3, -0.25) is 14.7 Å². The van der Waals surface area contributed by atoms with Gasteiger partial charge in [0.05, 0.1) is 17.6 Å². The normalized spacial score (nSPS) is 11.6. The van der Waals surface area contributed by atoms with Crippen LogP contribution < -0.4 is 16.4 Å². The molecule has 17 heavy (non-hydrogen) atoms. The molecule has 1 atom stereocenters. The highest BCUT2D eigenvalue weighted by molar-refractivity contribution is 7.80. The van der Waals surface area contributed by atoms with E-state index in [1.54, 1.807) is 6.92 Å². The molecule has 0 spiro atoms. The van der Waals surface area contributed by atoms with Crippen LogP contribution in [0, 0.1) is 0 Å². The Labute approximate surface area is 102 Å². The van der Waals surface area contributed by atoms with Crippen molar-refractivity contribution in [3.63, 3.8) is 0 Å². The van der Waals surface area contributed by atoms with Crippen LogP contribution >= 0.6 is 12.2 Å². The van der Waals surface area contributed by atoms with Crippen molar-refractivity contribution < 1.29 is 9.59 Å². The number of hydrogen-bond acceptors (Lipinski definition) is 5. The van der Waals surface area contributed by atoms with Crippen molar-refractivity contribution in [3.05, 3.63) is 12.2 Å². The van der Waals surface area contributed by atoms with Gasteiger partial charge in [0.2, 0.25) is 0 Å². The molecule has 0 bridgehead atoms. The van der Waals surface area contributed by atoms with Gasteiger partial charge in [-0.1, -0.05) is 12.2 Å². The Balaban J connectivity index is 2.43. The SMILES string of the molecule is CC(NC(=O)C(=O)NCC(N)=S)c1ncn[nH]1. The number of nitrogens with one attached hydrogen (secondary N) is 3. The minimum atomic E-state index is -0.802. The van der Waals surface area contributed by atoms with Gasteiger partial charge in [-0.25, -0.2) is 4.98 Å². The molecule has 1 heterocycles. The molecule has 1 aromatic heterocycles. The fourth-order valence-electron chi connectivity index (χ4n) is 1.00. The Morgan fingerprint density at radius 3 is 2.82 bits per heavy atom. The molecule has 2 amide bonds. The van der Waals surface area contributed by atoms with Crippen molar-refractivity contribution in [2.24, 2.45) is 5.73 Å². The van der Waals surface area contributed by atoms with Gasteiger partial charge >= 0.3 is 11.8 Å². The maximum atomic E-state index is 11.4. The van der Waals surface area contributed by atoms with Crippen molar-refractivity contribution in [2.45, 2.75) is 13.0 Å². The quantitative estimate of drug-likeness (QED) is 0.379. The molecule has 0 fully saturated rings. The molecule has 0 radical (unpaired) electrons. The first kappa shape index (κ1) is 13.0. The Bertz CT molecular complexity index is 418. The van der Waals surface area contributed by atoms with Gasteiger partial charge in [0, 0.05) is 0 Å². The lowest BCUT2D eigenvalue weighted by atomic mass is 10.3. The highest BCUT2D eigenvalue weighted by Crippen LogP contribution is 2.02. The second-order valence-corrected chi connectivity index (χ2v) is 3.74. The van der Waals surface area contributed by atoms with Crippen LogP contribution in [0.15, 0.2) is 6.33 Å². The lowest BCUT2D eigenvalue weighted by molar-refractivity contribution is -0.139. The van der Waals surface area contributed by atoms with E-state index < -0.39 is 17.9 Å². The number of amides is 2. The summed E-state index contributed by atoms with van der Waals surface area (Å²) in [7, 11) is 0. The predicted octanol–water partition coefficient (Wildman–Crippen LogP) is -1.62. The Morgan fingerprint density at radius 2 is 2.29 bits per heavy atom. The standard InChI is InChI=1S/C8H12N6O2S/c1-4(6-11-3-12-14-6)13-8(16)7(15)10-2-5(9)17/h3-4H,2H2,1H3,(H2,9,17)(H,10,15)(H,13,16)(H,11,12,14). The number of carbonyl (C=O) groups is 2. The molecular weight excluding hydrogens is 244 g/mol. The molecule has 9 heteroatoms. The molecule has 0 aliphatic carbocycles. The van der Waals surface area contributed by atoms with Crippen molar-refractivity contribution in [2.75, 3.05) is 6.54 Å². The third-order valence-corrected chi connectivity index (χ3v) is 1.97. The average molecular weight is 256 g/mol. The van der Waals surface area contributed by atoms with Crippen LogP contribution in [-0.4, -0.2) is 38.5 Å². The summed E-state index contributed by atoms with van der Waals surface area (Å²) < 4.78 is 0. The number of hydrogen-bond donors (Lipinski definition) is 4. The third-order valence-electron chi connectivity index (χ3n) is 1.82. The molecule has 1 rings (SSSR count). The summed E-state index contributed by atoms with van der Waals surface area (Å²) >= 11 is 4.56. The van der Waals surface area contributed by atoms with Crippen LogP contribution in [0.2, 0.25) is 0 Å². The summed E-state index contributed by atoms with van der Waals surface area (Å²) in [6.07, 6.45) is 1.31. The van der Waals surface area contributed by atoms with Crippen molar-refractivity contribution in [1.29, 1.82) is 0 Å². The van der Waals surface area contributed by atoms with Crippen LogP contribution in [0.4, 0.5) is 0 Å². The second-order valence-electron chi connectivity index (χ2n) is 3.21. The summed E-state index contributed by atoms with van der Waals surface area (Å²) in [4.78, 5) is 26.6. The molecular formula is C8H12N6O2S. The lowest BCUT2D eigenvalue weighted by Crippen LogP contribution is -2.43. The van der Waals surface area contributed by atoms with Crippen molar-refractivity contribution >= 4 is 29.0 Å². The number of H-pyrrole nitrogens is 1. The van der Waals surface area contributed by atoms with E-state index in [2.05, 4.69) is 38.0 Å². The maximum Gasteiger partial charge on any atom is 0.309 e. The van der Waals surface area contributed by atoms with E-state index in [4.69, 9.17) is 5.73 Å². The summed E-state index contributed by atoms with van der Waals surface area (Å²) in [5.74, 6) is -1.13. The summed E-state index contributed by atoms with van der Waals surface area (Å²) in [5.41, 5.74) is 5.18. The third kappa shape index (κ3) is 4.15. The van der Waals surface area contributed by atoms with E-state index in [9.17, 15) is 9.59 Å². The van der Waals surface area contributed by atoms with Crippen LogP contribution in [0.5, 0.6) is 0 Å². The molecule has 1 unspecified atom stereocenters. The van der Waals surface area contributed by atoms with E-state index in [1.165, 1.54) is 6.33 Å². The van der Waals surface area contributed by atoms with E-state index in [0.29, 0.717) is 5.82 Å². The minimum absolute atomic E-state index is 0.0156. The number of thiocarbonyl (C=S) groups is 1. The van der Waals surface area contributed by atoms with Gasteiger partial charge in [0.15, 0.2) is 0 Å². The number of nitrogens with zero attached hydrogens (tertiary/aromatic N) is 2. The summed E-state index contributed by atoms with van der Waals surface area (Å²) in [6.45, 7) is 1.65. The number of aromatic nitrogens is 3. The molecule has 0 aromatic carbocycles. The smallest absolute Gasteiger partial charge is 0.309 e. The summed E-state index contributed by atoms with van der Waals surface area (Å²) in [6, 6.07) is -0.444. The molecule has 8 nitrogen and oxygen atoms in total. The fraction of sp³-hybridized carbons (Fsp3) is 0.375. The maximum absolute atomic E-state index is 11.4. The number of nitrogens with two attached hydrogens (primary N) is 1. The van der Waals surface area contributed by atoms with Crippen molar-refractivity contribution in [1.82, 2.24) is 25.8 Å². The van der Waals surface area contributed by atoms with Gasteiger partial charge in [0.25, 0.3) is 0 Å². The number of carbonyl (C=O) groups excluding carboxylic acids is 2. The van der Waals surface area contributed by atoms with E-state index in [-0.39, 0.29) is 11.5 Å². The second kappa shape index (κ2) is 5.89. The van der Waals surface area contributed by atoms with Gasteiger partial charge in [-0.15, -0.1) is 0 Å². The number of aromatic amines is 1. The number of rotatable bonds is 4. The highest BCUT2D eigenvalue weighted by Gasteiger charge is 2.17. The zero-order valence-corrected chi connectivity index (χ0v) is 9.87. The molecule has 0 aliphatic rings. The zero-order valence-electron chi connectivity index (χ0n) is 9.06. The molecule has 0 aliphatic heterocycles. The Morgan fingerprint density at radius 1 is 1.59 bits per heavy atom. The van der Waals surface area contributed by atoms with E-state index >= 15 is 0 Å². The largest absolute Gasteiger partial charge is 0.392 e. The van der Waals surface area contributed by atoms with Crippen LogP contribution in [-0.2, 0) is 9.59 Å². The van der Waals surface area contributed by atoms with Crippen LogP contribution in [0.25, 0.3) is 0 Å². The highest BCUT2D eigenvalue weighted by atomic mass is 32.1. The minimum Gasteiger partial charge on any atom is -0.392 e. The van der Waals surface area contributed by atoms with Gasteiger partial charge < -0.3 is 16.4 Å². The molecule has 5 N–H and O–H groups in total. The van der Waals surface area contributed by atoms with E-state index in [0.717, 1.165) is 0 Å². The Hall–Kier alpha value is -2.03. The Kier molecular flexibility index (Phi) is 4.52. The fourth-order valence-corrected chi connectivity index (χ4v) is 1.07. The molecule has 92 valence electrons. The lowest BCUT2D eigenvalue weighted by Gasteiger charge is -2.10. The first-order valence-electron chi connectivity index (χ1n) is 4.73. The van der Waals surface area contributed by atoms with E-state index in [1.807, 2.05) is 0 Å². The van der Waals surface area contributed by atoms with Crippen molar-refractivity contribution in [3.8, 4) is 0 Å². The molecule has 0 saturated carbocycles. The van der Waals surface area contributed by atoms with Gasteiger partial charge in [0.1, 0.15) is 12.2 Å². The van der Waals surface area contributed by atoms with Crippen LogP contribution in [0.1, 0.15) is 18.8 Å². The first-order valence-corrected chi connectivity index (χ1v) is 5.13. The molecule has 0 saturated heterocycles. The summed E-state index contributed by atoms with van der Waals surface area (Å²) in [5, 5.41) is 10.9.